The van der Waals surface area contributed by atoms with E-state index in [0.717, 1.165) is 21.4 Å². The van der Waals surface area contributed by atoms with E-state index in [2.05, 4.69) is 18.1 Å². The first-order valence-electron chi connectivity index (χ1n) is 9.60. The molecular weight excluding hydrogens is 555 g/mol. The van der Waals surface area contributed by atoms with Gasteiger partial charge in [-0.25, -0.2) is 18.5 Å². The molecule has 0 radical (unpaired) electrons. The number of aliphatic hydroxyl groups excluding tert-OH is 2. The van der Waals surface area contributed by atoms with Gasteiger partial charge in [-0.1, -0.05) is 6.07 Å². The molecule has 2 aromatic rings. The molecule has 21 heteroatoms. The van der Waals surface area contributed by atoms with Crippen LogP contribution in [0, 0.1) is 0 Å². The highest BCUT2D eigenvalue weighted by Crippen LogP contribution is 2.66. The van der Waals surface area contributed by atoms with Crippen LogP contribution in [-0.4, -0.2) is 68.8 Å². The second-order valence-electron chi connectivity index (χ2n) is 7.18. The summed E-state index contributed by atoms with van der Waals surface area (Å²) >= 11 is 0. The maximum Gasteiger partial charge on any atom is 0.490 e. The van der Waals surface area contributed by atoms with Gasteiger partial charge in [-0.15, -0.1) is 0 Å². The molecule has 0 saturated carbocycles. The third-order valence-electron chi connectivity index (χ3n) is 4.57. The first-order valence-corrected chi connectivity index (χ1v) is 14.1. The van der Waals surface area contributed by atoms with Crippen molar-refractivity contribution in [3.05, 3.63) is 63.2 Å². The third kappa shape index (κ3) is 7.34. The number of aliphatic hydroxyl groups is 2. The standard InChI is InChI=1S/C15H20N3O15P3/c19-11-4-6-17(15(22)18(11)7-9-3-1-2-5-16-9)14-13(21)12(20)10(31-14)8-30-35(26,27)33-36(28,29)32-34(23,24)25/h1-6,10,12-14,20-21H,7-8H2,(H,26,27)(H,28,29)(H2,23,24,25)/t10-,12+,13?,14-/m1/s1. The number of rotatable bonds is 10. The van der Waals surface area contributed by atoms with Crippen LogP contribution < -0.4 is 11.2 Å². The van der Waals surface area contributed by atoms with Crippen LogP contribution in [-0.2, 0) is 38.1 Å². The minimum Gasteiger partial charge on any atom is -0.387 e. The molecule has 3 rings (SSSR count). The van der Waals surface area contributed by atoms with E-state index in [4.69, 9.17) is 19.4 Å². The highest BCUT2D eigenvalue weighted by molar-refractivity contribution is 7.66. The van der Waals surface area contributed by atoms with Gasteiger partial charge in [-0.05, 0) is 12.1 Å². The lowest BCUT2D eigenvalue weighted by Gasteiger charge is -2.19. The molecule has 0 amide bonds. The molecule has 0 aliphatic carbocycles. The van der Waals surface area contributed by atoms with E-state index in [-0.39, 0.29) is 6.54 Å². The fourth-order valence-electron chi connectivity index (χ4n) is 3.09. The van der Waals surface area contributed by atoms with E-state index >= 15 is 0 Å². The molecule has 36 heavy (non-hydrogen) atoms. The van der Waals surface area contributed by atoms with E-state index in [0.29, 0.717) is 5.69 Å². The predicted octanol–water partition coefficient (Wildman–Crippen LogP) is -1.58. The van der Waals surface area contributed by atoms with Gasteiger partial charge in [-0.3, -0.25) is 23.4 Å². The number of hydrogen-bond acceptors (Lipinski definition) is 12. The normalized spacial score (nSPS) is 25.8. The average molecular weight is 575 g/mol. The summed E-state index contributed by atoms with van der Waals surface area (Å²) in [5.74, 6) is 0. The zero-order chi connectivity index (χ0) is 26.9. The van der Waals surface area contributed by atoms with E-state index in [1.807, 2.05) is 0 Å². The summed E-state index contributed by atoms with van der Waals surface area (Å²) in [6, 6.07) is 5.82. The van der Waals surface area contributed by atoms with Crippen LogP contribution >= 0.6 is 23.5 Å². The van der Waals surface area contributed by atoms with Gasteiger partial charge in [0, 0.05) is 18.5 Å². The second-order valence-corrected chi connectivity index (χ2v) is 11.6. The van der Waals surface area contributed by atoms with Crippen molar-refractivity contribution in [1.29, 1.82) is 0 Å². The highest BCUT2D eigenvalue weighted by atomic mass is 31.3. The summed E-state index contributed by atoms with van der Waals surface area (Å²) in [4.78, 5) is 64.9. The summed E-state index contributed by atoms with van der Waals surface area (Å²) in [6.45, 7) is -1.29. The van der Waals surface area contributed by atoms with Crippen LogP contribution in [0.15, 0.2) is 46.2 Å². The predicted molar refractivity (Wildman–Crippen MR) is 114 cm³/mol. The minimum absolute atomic E-state index is 0.222. The summed E-state index contributed by atoms with van der Waals surface area (Å²) in [6.07, 6.45) is -4.41. The molecular formula is C15H20N3O15P3. The second kappa shape index (κ2) is 10.8. The molecule has 3 heterocycles. The van der Waals surface area contributed by atoms with Gasteiger partial charge in [0.15, 0.2) is 6.23 Å². The maximum absolute atomic E-state index is 12.9. The van der Waals surface area contributed by atoms with Crippen LogP contribution in [0.5, 0.6) is 0 Å². The van der Waals surface area contributed by atoms with Crippen molar-refractivity contribution in [3.63, 3.8) is 0 Å². The van der Waals surface area contributed by atoms with Crippen molar-refractivity contribution in [3.8, 4) is 0 Å². The number of hydrogen-bond donors (Lipinski definition) is 6. The van der Waals surface area contributed by atoms with Gasteiger partial charge >= 0.3 is 29.2 Å². The number of phosphoric acid groups is 3. The molecule has 1 aliphatic rings. The molecule has 3 unspecified atom stereocenters. The lowest BCUT2D eigenvalue weighted by molar-refractivity contribution is -0.0547. The lowest BCUT2D eigenvalue weighted by atomic mass is 10.1. The minimum atomic E-state index is -5.77. The molecule has 0 aromatic carbocycles. The number of aromatic nitrogens is 3. The Hall–Kier alpha value is -1.88. The van der Waals surface area contributed by atoms with Crippen LogP contribution in [0.2, 0.25) is 0 Å². The van der Waals surface area contributed by atoms with Gasteiger partial charge in [0.1, 0.15) is 18.3 Å². The monoisotopic (exact) mass is 575 g/mol. The Morgan fingerprint density at radius 3 is 2.28 bits per heavy atom. The highest BCUT2D eigenvalue weighted by Gasteiger charge is 2.46. The Labute approximate surface area is 200 Å². The van der Waals surface area contributed by atoms with Crippen LogP contribution in [0.4, 0.5) is 0 Å². The van der Waals surface area contributed by atoms with Crippen LogP contribution in [0.25, 0.3) is 0 Å². The van der Waals surface area contributed by atoms with Crippen molar-refractivity contribution >= 4 is 23.5 Å². The smallest absolute Gasteiger partial charge is 0.387 e. The van der Waals surface area contributed by atoms with E-state index in [1.165, 1.54) is 6.20 Å². The van der Waals surface area contributed by atoms with Gasteiger partial charge in [0.2, 0.25) is 0 Å². The molecule has 1 aliphatic heterocycles. The van der Waals surface area contributed by atoms with Crippen molar-refractivity contribution in [1.82, 2.24) is 14.1 Å². The van der Waals surface area contributed by atoms with Gasteiger partial charge in [0.25, 0.3) is 5.56 Å². The molecule has 6 N–H and O–H groups in total. The quantitative estimate of drug-likeness (QED) is 0.174. The molecule has 18 nitrogen and oxygen atoms in total. The third-order valence-corrected chi connectivity index (χ3v) is 8.37. The van der Waals surface area contributed by atoms with Crippen LogP contribution in [0.1, 0.15) is 11.9 Å². The van der Waals surface area contributed by atoms with Crippen molar-refractivity contribution in [2.45, 2.75) is 31.1 Å². The molecule has 200 valence electrons. The molecule has 1 fully saturated rings. The summed E-state index contributed by atoms with van der Waals surface area (Å²) in [7, 11) is -16.9. The lowest BCUT2D eigenvalue weighted by Crippen LogP contribution is -2.43. The van der Waals surface area contributed by atoms with Gasteiger partial charge in [-0.2, -0.15) is 8.62 Å². The van der Waals surface area contributed by atoms with E-state index < -0.39 is 65.9 Å². The van der Waals surface area contributed by atoms with Gasteiger partial charge in [0.05, 0.1) is 18.8 Å². The van der Waals surface area contributed by atoms with Crippen LogP contribution in [0.3, 0.4) is 0 Å². The molecule has 0 bridgehead atoms. The largest absolute Gasteiger partial charge is 0.490 e. The van der Waals surface area contributed by atoms with Crippen molar-refractivity contribution in [2.24, 2.45) is 0 Å². The van der Waals surface area contributed by atoms with Crippen molar-refractivity contribution < 1.29 is 61.4 Å². The van der Waals surface area contributed by atoms with E-state index in [9.17, 15) is 38.4 Å². The first-order chi connectivity index (χ1) is 16.6. The van der Waals surface area contributed by atoms with Gasteiger partial charge < -0.3 is 34.5 Å². The summed E-state index contributed by atoms with van der Waals surface area (Å²) in [5.41, 5.74) is -1.27. The summed E-state index contributed by atoms with van der Waals surface area (Å²) in [5, 5.41) is 20.6. The molecule has 0 spiro atoms. The Morgan fingerprint density at radius 2 is 1.67 bits per heavy atom. The number of ether oxygens (including phenoxy) is 1. The Kier molecular flexibility index (Phi) is 8.65. The Balaban J connectivity index is 1.74. The number of pyridine rings is 1. The average Bonchev–Trinajstić information content (AvgIpc) is 3.02. The maximum atomic E-state index is 12.9. The summed E-state index contributed by atoms with van der Waals surface area (Å²) < 4.78 is 52.3. The van der Waals surface area contributed by atoms with Crippen molar-refractivity contribution in [2.75, 3.05) is 6.61 Å². The Bertz CT molecular complexity index is 1340. The zero-order valence-corrected chi connectivity index (χ0v) is 20.4. The van der Waals surface area contributed by atoms with E-state index in [1.54, 1.807) is 18.2 Å². The fourth-order valence-corrected chi connectivity index (χ4v) is 6.12. The first kappa shape index (κ1) is 28.7. The zero-order valence-electron chi connectivity index (χ0n) is 17.7. The Morgan fingerprint density at radius 1 is 0.972 bits per heavy atom. The SMILES string of the molecule is O=c1ccn([C@@H]2O[C@H](COP(=O)(O)OP(=O)(O)OP(=O)(O)O)[C@H](O)C2O)c(=O)n1Cc1ccccn1. The topological polar surface area (TPSA) is 266 Å². The molecule has 6 atom stereocenters. The molecule has 2 aromatic heterocycles. The molecule has 1 saturated heterocycles. The number of nitrogens with zero attached hydrogens (tertiary/aromatic N) is 3. The fraction of sp³-hybridized carbons (Fsp3) is 0.400. The number of phosphoric ester groups is 1.